The number of nitrogens with zero attached hydrogens (tertiary/aromatic N) is 5. The minimum atomic E-state index is -4.76. The third-order valence-corrected chi connectivity index (χ3v) is 8.01. The van der Waals surface area contributed by atoms with Crippen molar-refractivity contribution in [1.29, 1.82) is 0 Å². The Labute approximate surface area is 256 Å². The number of carbonyl (C=O) groups excluding carboxylic acids is 2. The van der Waals surface area contributed by atoms with Gasteiger partial charge in [0.2, 0.25) is 5.91 Å². The Bertz CT molecular complexity index is 1670. The van der Waals surface area contributed by atoms with Crippen molar-refractivity contribution >= 4 is 34.6 Å². The number of alkyl halides is 3. The van der Waals surface area contributed by atoms with Gasteiger partial charge in [0.15, 0.2) is 11.0 Å². The van der Waals surface area contributed by atoms with Gasteiger partial charge in [0, 0.05) is 18.0 Å². The van der Waals surface area contributed by atoms with Crippen molar-refractivity contribution in [3.63, 3.8) is 0 Å². The summed E-state index contributed by atoms with van der Waals surface area (Å²) in [5.41, 5.74) is 4.90. The Morgan fingerprint density at radius 2 is 1.75 bits per heavy atom. The number of thioether (sulfide) groups is 1. The van der Waals surface area contributed by atoms with Crippen LogP contribution in [0.5, 0.6) is 5.75 Å². The van der Waals surface area contributed by atoms with E-state index in [0.717, 1.165) is 34.4 Å². The molecule has 0 aliphatic carbocycles. The van der Waals surface area contributed by atoms with E-state index in [1.165, 1.54) is 51.9 Å². The van der Waals surface area contributed by atoms with Gasteiger partial charge in [-0.05, 0) is 61.2 Å². The van der Waals surface area contributed by atoms with Crippen LogP contribution in [0, 0.1) is 13.8 Å². The molecular weight excluding hydrogens is 593 g/mol. The van der Waals surface area contributed by atoms with Gasteiger partial charge in [-0.25, -0.2) is 14.5 Å². The molecule has 2 heterocycles. The molecule has 1 atom stereocenters. The molecule has 9 nitrogen and oxygen atoms in total. The smallest absolute Gasteiger partial charge is 0.406 e. The van der Waals surface area contributed by atoms with E-state index in [0.29, 0.717) is 23.2 Å². The second-order valence-corrected chi connectivity index (χ2v) is 11.1. The van der Waals surface area contributed by atoms with Crippen LogP contribution in [-0.2, 0) is 4.79 Å². The Hall–Kier alpha value is -4.65. The van der Waals surface area contributed by atoms with E-state index in [4.69, 9.17) is 0 Å². The molecule has 1 aliphatic heterocycles. The number of rotatable bonds is 8. The third-order valence-electron chi connectivity index (χ3n) is 7.09. The Balaban J connectivity index is 1.22. The van der Waals surface area contributed by atoms with Crippen molar-refractivity contribution in [2.75, 3.05) is 17.2 Å². The Kier molecular flexibility index (Phi) is 9.04. The number of nitrogens with one attached hydrogen (secondary N) is 1. The summed E-state index contributed by atoms with van der Waals surface area (Å²) in [6, 6.07) is 18.2. The summed E-state index contributed by atoms with van der Waals surface area (Å²) in [5, 5.41) is 7.69. The number of aryl methyl sites for hydroxylation is 2. The van der Waals surface area contributed by atoms with Crippen LogP contribution in [0.25, 0.3) is 17.1 Å². The predicted octanol–water partition coefficient (Wildman–Crippen LogP) is 6.79. The lowest BCUT2D eigenvalue weighted by Gasteiger charge is -2.21. The lowest BCUT2D eigenvalue weighted by atomic mass is 9.95. The molecule has 1 unspecified atom stereocenters. The highest BCUT2D eigenvalue weighted by atomic mass is 32.2. The maximum atomic E-state index is 12.8. The minimum Gasteiger partial charge on any atom is -0.406 e. The molecule has 0 spiro atoms. The van der Waals surface area contributed by atoms with E-state index >= 15 is 0 Å². The summed E-state index contributed by atoms with van der Waals surface area (Å²) in [5.74, 6) is 0.251. The molecule has 3 amide bonds. The second-order valence-electron chi connectivity index (χ2n) is 10.1. The summed E-state index contributed by atoms with van der Waals surface area (Å²) in [6.07, 6.45) is -2.52. The fourth-order valence-corrected chi connectivity index (χ4v) is 5.73. The van der Waals surface area contributed by atoms with Crippen molar-refractivity contribution in [2.45, 2.75) is 39.5 Å². The Morgan fingerprint density at radius 3 is 2.39 bits per heavy atom. The molecule has 0 bridgehead atoms. The average molecular weight is 623 g/mol. The first-order valence-corrected chi connectivity index (χ1v) is 14.8. The number of amides is 3. The zero-order valence-corrected chi connectivity index (χ0v) is 24.9. The molecule has 0 radical (unpaired) electrons. The molecule has 4 aromatic rings. The largest absolute Gasteiger partial charge is 0.573 e. The van der Waals surface area contributed by atoms with Gasteiger partial charge in [0.05, 0.1) is 17.1 Å². The molecule has 1 aromatic heterocycles. The summed E-state index contributed by atoms with van der Waals surface area (Å²) in [4.78, 5) is 35.6. The van der Waals surface area contributed by atoms with Crippen LogP contribution >= 0.6 is 11.8 Å². The first-order chi connectivity index (χ1) is 21.0. The molecule has 1 fully saturated rings. The van der Waals surface area contributed by atoms with Crippen molar-refractivity contribution in [3.05, 3.63) is 89.7 Å². The zero-order valence-electron chi connectivity index (χ0n) is 24.1. The third kappa shape index (κ3) is 7.10. The summed E-state index contributed by atoms with van der Waals surface area (Å²) in [7, 11) is 0. The lowest BCUT2D eigenvalue weighted by molar-refractivity contribution is -0.274. The predicted molar refractivity (Wildman–Crippen MR) is 163 cm³/mol. The number of halogens is 3. The molecule has 1 aliphatic rings. The van der Waals surface area contributed by atoms with Gasteiger partial charge in [-0.15, -0.1) is 18.3 Å². The number of hydrogen-bond acceptors (Lipinski definition) is 6. The SMILES string of the molecule is CCC(CNC(=O)/N=C1\SCC(=O)N1c1c(C)cccc1C)c1ccc(-c2ncn(-c3ccc(OC(F)(F)F)cc3)n2)cc1. The van der Waals surface area contributed by atoms with E-state index in [1.54, 1.807) is 0 Å². The van der Waals surface area contributed by atoms with Crippen LogP contribution < -0.4 is 15.0 Å². The van der Waals surface area contributed by atoms with Gasteiger partial charge in [0.25, 0.3) is 0 Å². The van der Waals surface area contributed by atoms with Crippen LogP contribution in [0.1, 0.15) is 36.0 Å². The lowest BCUT2D eigenvalue weighted by Crippen LogP contribution is -2.33. The maximum absolute atomic E-state index is 12.8. The van der Waals surface area contributed by atoms with E-state index in [2.05, 4.69) is 25.1 Å². The summed E-state index contributed by atoms with van der Waals surface area (Å²) in [6.45, 7) is 6.23. The monoisotopic (exact) mass is 622 g/mol. The number of para-hydroxylation sites is 1. The first-order valence-electron chi connectivity index (χ1n) is 13.8. The fourth-order valence-electron chi connectivity index (χ4n) is 4.88. The zero-order chi connectivity index (χ0) is 31.4. The molecule has 13 heteroatoms. The molecule has 5 rings (SSSR count). The minimum absolute atomic E-state index is 0.0173. The average Bonchev–Trinajstić information content (AvgIpc) is 3.61. The highest BCUT2D eigenvalue weighted by Crippen LogP contribution is 2.32. The van der Waals surface area contributed by atoms with E-state index < -0.39 is 12.4 Å². The van der Waals surface area contributed by atoms with Crippen molar-refractivity contribution in [1.82, 2.24) is 20.1 Å². The molecule has 228 valence electrons. The number of amidine groups is 1. The fraction of sp³-hybridized carbons (Fsp3) is 0.258. The number of aliphatic imine (C=N–C) groups is 1. The number of ether oxygens (including phenoxy) is 1. The van der Waals surface area contributed by atoms with Crippen LogP contribution in [0.2, 0.25) is 0 Å². The van der Waals surface area contributed by atoms with Crippen molar-refractivity contribution in [2.24, 2.45) is 4.99 Å². The van der Waals surface area contributed by atoms with Crippen LogP contribution in [0.15, 0.2) is 78.0 Å². The van der Waals surface area contributed by atoms with Gasteiger partial charge in [-0.3, -0.25) is 9.69 Å². The van der Waals surface area contributed by atoms with Crippen molar-refractivity contribution in [3.8, 4) is 22.8 Å². The molecular formula is C31H29F3N6O3S. The molecule has 44 heavy (non-hydrogen) atoms. The van der Waals surface area contributed by atoms with Gasteiger partial charge in [-0.1, -0.05) is 61.2 Å². The number of urea groups is 1. The number of hydrogen-bond donors (Lipinski definition) is 1. The summed E-state index contributed by atoms with van der Waals surface area (Å²) >= 11 is 1.24. The van der Waals surface area contributed by atoms with E-state index in [-0.39, 0.29) is 23.3 Å². The van der Waals surface area contributed by atoms with Gasteiger partial charge in [0.1, 0.15) is 12.1 Å². The quantitative estimate of drug-likeness (QED) is 0.232. The van der Waals surface area contributed by atoms with Gasteiger partial charge in [-0.2, -0.15) is 4.99 Å². The molecule has 0 saturated carbocycles. The van der Waals surface area contributed by atoms with Crippen LogP contribution in [0.3, 0.4) is 0 Å². The molecule has 3 aromatic carbocycles. The van der Waals surface area contributed by atoms with E-state index in [1.807, 2.05) is 63.2 Å². The number of carbonyl (C=O) groups is 2. The number of anilines is 1. The van der Waals surface area contributed by atoms with Gasteiger partial charge >= 0.3 is 12.4 Å². The van der Waals surface area contributed by atoms with Crippen LogP contribution in [0.4, 0.5) is 23.7 Å². The maximum Gasteiger partial charge on any atom is 0.573 e. The highest BCUT2D eigenvalue weighted by molar-refractivity contribution is 8.15. The molecule has 1 N–H and O–H groups in total. The summed E-state index contributed by atoms with van der Waals surface area (Å²) < 4.78 is 42.6. The standard InChI is InChI=1S/C31H29F3N6O3S/c1-4-21(16-35-29(42)37-30-40(26(41)17-44-30)27-19(2)6-5-7-20(27)3)22-8-10-23(11-9-22)28-36-18-39(38-28)24-12-14-25(15-13-24)43-31(32,33)34/h5-15,18,21H,4,16-17H2,1-3H3,(H,35,42)/b37-30-. The normalized spacial score (nSPS) is 15.1. The highest BCUT2D eigenvalue weighted by Gasteiger charge is 2.33. The number of aromatic nitrogens is 3. The Morgan fingerprint density at radius 1 is 1.07 bits per heavy atom. The topological polar surface area (TPSA) is 102 Å². The van der Waals surface area contributed by atoms with Crippen LogP contribution in [-0.4, -0.2) is 50.5 Å². The molecule has 1 saturated heterocycles. The second kappa shape index (κ2) is 12.9. The van der Waals surface area contributed by atoms with Crippen molar-refractivity contribution < 1.29 is 27.5 Å². The van der Waals surface area contributed by atoms with E-state index in [9.17, 15) is 22.8 Å². The van der Waals surface area contributed by atoms with Gasteiger partial charge < -0.3 is 10.1 Å². The first kappa shape index (κ1) is 30.8. The number of benzene rings is 3.